The van der Waals surface area contributed by atoms with Crippen LogP contribution in [0, 0.1) is 0 Å². The minimum atomic E-state index is -0.372. The zero-order chi connectivity index (χ0) is 16.5. The highest BCUT2D eigenvalue weighted by molar-refractivity contribution is 5.76. The van der Waals surface area contributed by atoms with E-state index in [0.717, 1.165) is 5.56 Å². The number of hydrogen-bond acceptors (Lipinski definition) is 5. The van der Waals surface area contributed by atoms with E-state index in [9.17, 15) is 9.59 Å². The molecule has 1 atom stereocenters. The maximum atomic E-state index is 11.1. The second-order valence-corrected chi connectivity index (χ2v) is 5.39. The van der Waals surface area contributed by atoms with Crippen molar-refractivity contribution in [1.29, 1.82) is 0 Å². The molecular formula is C16H24N2O4. The Morgan fingerprint density at radius 1 is 1.23 bits per heavy atom. The highest BCUT2D eigenvalue weighted by Gasteiger charge is 2.13. The van der Waals surface area contributed by atoms with Crippen LogP contribution in [-0.4, -0.2) is 37.2 Å². The first-order valence-electron chi connectivity index (χ1n) is 7.27. The minimum Gasteiger partial charge on any atom is -0.490 e. The molecule has 0 fully saturated rings. The van der Waals surface area contributed by atoms with Crippen molar-refractivity contribution < 1.29 is 19.1 Å². The van der Waals surface area contributed by atoms with Crippen molar-refractivity contribution in [3.63, 3.8) is 0 Å². The number of nitrogens with one attached hydrogen (secondary N) is 1. The molecule has 0 bridgehead atoms. The van der Waals surface area contributed by atoms with Crippen molar-refractivity contribution in [2.75, 3.05) is 13.2 Å². The summed E-state index contributed by atoms with van der Waals surface area (Å²) in [5.74, 6) is -0.0609. The molecule has 6 nitrogen and oxygen atoms in total. The molecule has 0 spiro atoms. The van der Waals surface area contributed by atoms with Gasteiger partial charge in [0.15, 0.2) is 0 Å². The zero-order valence-electron chi connectivity index (χ0n) is 13.3. The van der Waals surface area contributed by atoms with Gasteiger partial charge in [-0.1, -0.05) is 26.0 Å². The van der Waals surface area contributed by atoms with Crippen molar-refractivity contribution in [1.82, 2.24) is 5.32 Å². The molecule has 3 N–H and O–H groups in total. The fourth-order valence-electron chi connectivity index (χ4n) is 1.83. The fraction of sp³-hybridized carbons (Fsp3) is 0.500. The molecule has 0 unspecified atom stereocenters. The summed E-state index contributed by atoms with van der Waals surface area (Å²) in [4.78, 5) is 21.9. The molecule has 1 aromatic rings. The van der Waals surface area contributed by atoms with Crippen LogP contribution in [0.25, 0.3) is 0 Å². The number of esters is 1. The smallest absolute Gasteiger partial charge is 0.303 e. The average Bonchev–Trinajstić information content (AvgIpc) is 2.42. The Kier molecular flexibility index (Phi) is 7.39. The van der Waals surface area contributed by atoms with E-state index >= 15 is 0 Å². The van der Waals surface area contributed by atoms with Gasteiger partial charge in [0.1, 0.15) is 18.5 Å². The second kappa shape index (κ2) is 9.04. The SMILES string of the molecule is CC(=O)O[C@@H](CNC(C)C)COc1ccc(CC(N)=O)cc1. The van der Waals surface area contributed by atoms with Crippen LogP contribution in [0.3, 0.4) is 0 Å². The van der Waals surface area contributed by atoms with E-state index < -0.39 is 0 Å². The van der Waals surface area contributed by atoms with Crippen molar-refractivity contribution in [2.45, 2.75) is 39.3 Å². The van der Waals surface area contributed by atoms with Gasteiger partial charge in [0.2, 0.25) is 5.91 Å². The molecule has 0 aromatic heterocycles. The Bertz CT molecular complexity index is 485. The van der Waals surface area contributed by atoms with Gasteiger partial charge < -0.3 is 20.5 Å². The van der Waals surface area contributed by atoms with Crippen LogP contribution in [0.1, 0.15) is 26.3 Å². The van der Waals surface area contributed by atoms with Gasteiger partial charge in [-0.15, -0.1) is 0 Å². The van der Waals surface area contributed by atoms with Crippen LogP contribution < -0.4 is 15.8 Å². The zero-order valence-corrected chi connectivity index (χ0v) is 13.3. The average molecular weight is 308 g/mol. The van der Waals surface area contributed by atoms with Gasteiger partial charge in [-0.2, -0.15) is 0 Å². The van der Waals surface area contributed by atoms with Crippen LogP contribution >= 0.6 is 0 Å². The van der Waals surface area contributed by atoms with E-state index in [2.05, 4.69) is 5.32 Å². The summed E-state index contributed by atoms with van der Waals surface area (Å²) in [5, 5.41) is 3.21. The molecule has 1 aromatic carbocycles. The molecule has 1 rings (SSSR count). The van der Waals surface area contributed by atoms with Crippen LogP contribution in [0.4, 0.5) is 0 Å². The van der Waals surface area contributed by atoms with Crippen molar-refractivity contribution in [3.05, 3.63) is 29.8 Å². The Labute approximate surface area is 131 Å². The molecule has 0 saturated heterocycles. The van der Waals surface area contributed by atoms with E-state index in [0.29, 0.717) is 18.3 Å². The lowest BCUT2D eigenvalue weighted by Gasteiger charge is -2.19. The predicted molar refractivity (Wildman–Crippen MR) is 83.5 cm³/mol. The second-order valence-electron chi connectivity index (χ2n) is 5.39. The summed E-state index contributed by atoms with van der Waals surface area (Å²) >= 11 is 0. The Morgan fingerprint density at radius 2 is 1.86 bits per heavy atom. The summed E-state index contributed by atoms with van der Waals surface area (Å²) in [5.41, 5.74) is 5.97. The highest BCUT2D eigenvalue weighted by Crippen LogP contribution is 2.13. The van der Waals surface area contributed by atoms with Gasteiger partial charge in [0, 0.05) is 19.5 Å². The minimum absolute atomic E-state index is 0.203. The van der Waals surface area contributed by atoms with Gasteiger partial charge in [0.05, 0.1) is 6.42 Å². The summed E-state index contributed by atoms with van der Waals surface area (Å²) < 4.78 is 10.8. The van der Waals surface area contributed by atoms with E-state index in [1.54, 1.807) is 24.3 Å². The van der Waals surface area contributed by atoms with Crippen molar-refractivity contribution in [3.8, 4) is 5.75 Å². The lowest BCUT2D eigenvalue weighted by molar-refractivity contribution is -0.147. The third-order valence-electron chi connectivity index (χ3n) is 2.82. The summed E-state index contributed by atoms with van der Waals surface area (Å²) in [6.45, 7) is 6.19. The largest absolute Gasteiger partial charge is 0.490 e. The number of nitrogens with two attached hydrogens (primary N) is 1. The summed E-state index contributed by atoms with van der Waals surface area (Å²) in [7, 11) is 0. The summed E-state index contributed by atoms with van der Waals surface area (Å²) in [6, 6.07) is 7.39. The van der Waals surface area contributed by atoms with Gasteiger partial charge in [0.25, 0.3) is 0 Å². The lowest BCUT2D eigenvalue weighted by atomic mass is 10.1. The van der Waals surface area contributed by atoms with E-state index in [4.69, 9.17) is 15.2 Å². The highest BCUT2D eigenvalue weighted by atomic mass is 16.6. The first-order chi connectivity index (χ1) is 10.4. The molecule has 122 valence electrons. The predicted octanol–water partition coefficient (Wildman–Crippen LogP) is 1.02. The van der Waals surface area contributed by atoms with Crippen LogP contribution in [0.2, 0.25) is 0 Å². The van der Waals surface area contributed by atoms with Crippen LogP contribution in [0.15, 0.2) is 24.3 Å². The Hall–Kier alpha value is -2.08. The standard InChI is InChI=1S/C16H24N2O4/c1-11(2)18-9-15(22-12(3)19)10-21-14-6-4-13(5-7-14)8-16(17)20/h4-7,11,15,18H,8-10H2,1-3H3,(H2,17,20)/t15-/m0/s1. The number of rotatable bonds is 9. The third kappa shape index (κ3) is 7.64. The lowest BCUT2D eigenvalue weighted by Crippen LogP contribution is -2.38. The Morgan fingerprint density at radius 3 is 2.36 bits per heavy atom. The maximum absolute atomic E-state index is 11.1. The Balaban J connectivity index is 2.52. The van der Waals surface area contributed by atoms with Crippen molar-refractivity contribution in [2.24, 2.45) is 5.73 Å². The van der Waals surface area contributed by atoms with Gasteiger partial charge in [-0.05, 0) is 17.7 Å². The number of carbonyl (C=O) groups is 2. The number of primary amides is 1. The molecule has 22 heavy (non-hydrogen) atoms. The first kappa shape index (κ1) is 18.0. The van der Waals surface area contributed by atoms with Gasteiger partial charge >= 0.3 is 5.97 Å². The molecule has 0 heterocycles. The van der Waals surface area contributed by atoms with Crippen molar-refractivity contribution >= 4 is 11.9 Å². The van der Waals surface area contributed by atoms with Crippen LogP contribution in [-0.2, 0) is 20.7 Å². The molecular weight excluding hydrogens is 284 g/mol. The number of carbonyl (C=O) groups excluding carboxylic acids is 2. The molecule has 0 aliphatic rings. The number of ether oxygens (including phenoxy) is 2. The fourth-order valence-corrected chi connectivity index (χ4v) is 1.83. The maximum Gasteiger partial charge on any atom is 0.303 e. The number of hydrogen-bond donors (Lipinski definition) is 2. The molecule has 0 radical (unpaired) electrons. The molecule has 6 heteroatoms. The molecule has 1 amide bonds. The normalized spacial score (nSPS) is 12.0. The summed E-state index contributed by atoms with van der Waals surface area (Å²) in [6.07, 6.45) is -0.153. The van der Waals surface area contributed by atoms with Gasteiger partial charge in [-0.3, -0.25) is 9.59 Å². The molecule has 0 saturated carbocycles. The third-order valence-corrected chi connectivity index (χ3v) is 2.82. The molecule has 0 aliphatic carbocycles. The quantitative estimate of drug-likeness (QED) is 0.665. The van der Waals surface area contributed by atoms with Crippen LogP contribution in [0.5, 0.6) is 5.75 Å². The van der Waals surface area contributed by atoms with E-state index in [1.807, 2.05) is 13.8 Å². The van der Waals surface area contributed by atoms with E-state index in [1.165, 1.54) is 6.92 Å². The monoisotopic (exact) mass is 308 g/mol. The first-order valence-corrected chi connectivity index (χ1v) is 7.27. The topological polar surface area (TPSA) is 90.7 Å². The number of amides is 1. The number of benzene rings is 1. The van der Waals surface area contributed by atoms with E-state index in [-0.39, 0.29) is 31.0 Å². The molecule has 0 aliphatic heterocycles. The van der Waals surface area contributed by atoms with Gasteiger partial charge in [-0.25, -0.2) is 0 Å².